The number of aliphatic imine (C=N–C) groups is 1. The van der Waals surface area contributed by atoms with Gasteiger partial charge in [-0.05, 0) is 45.5 Å². The fourth-order valence-corrected chi connectivity index (χ4v) is 3.07. The Morgan fingerprint density at radius 1 is 1.42 bits per heavy atom. The smallest absolute Gasteiger partial charge is 0.191 e. The molecule has 2 N–H and O–H groups in total. The Bertz CT molecular complexity index is 565. The average Bonchev–Trinajstić information content (AvgIpc) is 3.08. The van der Waals surface area contributed by atoms with Crippen LogP contribution >= 0.6 is 0 Å². The fraction of sp³-hybridized carbons (Fsp3) is 0.684. The Labute approximate surface area is 156 Å². The molecule has 0 spiro atoms. The fourth-order valence-electron chi connectivity index (χ4n) is 3.07. The second kappa shape index (κ2) is 11.0. The standard InChI is InChI=1S/C19H33FN6/c1-4-6-12-25(3)14-11-23-19(21-5-2)24-16-9-13-26(15-16)18-17(20)8-7-10-22-18/h7-8,10,16H,4-6,9,11-15H2,1-3H3,(H2,21,23,24). The van der Waals surface area contributed by atoms with Gasteiger partial charge in [0.05, 0.1) is 6.54 Å². The first-order valence-electron chi connectivity index (χ1n) is 9.72. The second-order valence-electron chi connectivity index (χ2n) is 6.80. The molecule has 2 rings (SSSR count). The van der Waals surface area contributed by atoms with Gasteiger partial charge in [0.1, 0.15) is 0 Å². The Hall–Kier alpha value is -1.89. The Kier molecular flexibility index (Phi) is 8.61. The largest absolute Gasteiger partial charge is 0.357 e. The molecule has 0 radical (unpaired) electrons. The molecule has 7 heteroatoms. The number of nitrogens with one attached hydrogen (secondary N) is 2. The normalized spacial score (nSPS) is 17.8. The Morgan fingerprint density at radius 2 is 2.27 bits per heavy atom. The van der Waals surface area contributed by atoms with Crippen LogP contribution in [0.5, 0.6) is 0 Å². The first kappa shape index (κ1) is 20.4. The van der Waals surface area contributed by atoms with Crippen molar-refractivity contribution in [2.45, 2.75) is 39.2 Å². The van der Waals surface area contributed by atoms with Crippen LogP contribution in [0.2, 0.25) is 0 Å². The summed E-state index contributed by atoms with van der Waals surface area (Å²) in [4.78, 5) is 13.2. The van der Waals surface area contributed by atoms with Crippen LogP contribution in [0.25, 0.3) is 0 Å². The molecule has 1 fully saturated rings. The van der Waals surface area contributed by atoms with Crippen LogP contribution in [0.15, 0.2) is 23.3 Å². The maximum atomic E-state index is 13.9. The molecule has 0 bridgehead atoms. The van der Waals surface area contributed by atoms with Crippen LogP contribution in [0.3, 0.4) is 0 Å². The van der Waals surface area contributed by atoms with Gasteiger partial charge in [0.2, 0.25) is 0 Å². The number of aromatic nitrogens is 1. The van der Waals surface area contributed by atoms with Gasteiger partial charge in [-0.25, -0.2) is 9.37 Å². The number of likely N-dealkylation sites (N-methyl/N-ethyl adjacent to an activating group) is 1. The maximum absolute atomic E-state index is 13.9. The highest BCUT2D eigenvalue weighted by Crippen LogP contribution is 2.20. The van der Waals surface area contributed by atoms with Crippen LogP contribution in [0.4, 0.5) is 10.2 Å². The number of hydrogen-bond acceptors (Lipinski definition) is 4. The lowest BCUT2D eigenvalue weighted by Crippen LogP contribution is -2.45. The van der Waals surface area contributed by atoms with E-state index >= 15 is 0 Å². The molecule has 1 aliphatic rings. The molecule has 1 unspecified atom stereocenters. The van der Waals surface area contributed by atoms with Crippen molar-refractivity contribution in [3.05, 3.63) is 24.1 Å². The number of pyridine rings is 1. The van der Waals surface area contributed by atoms with Crippen molar-refractivity contribution in [2.75, 3.05) is 51.2 Å². The van der Waals surface area contributed by atoms with E-state index in [1.54, 1.807) is 12.3 Å². The van der Waals surface area contributed by atoms with Crippen molar-refractivity contribution in [1.29, 1.82) is 0 Å². The highest BCUT2D eigenvalue weighted by atomic mass is 19.1. The van der Waals surface area contributed by atoms with Gasteiger partial charge in [0, 0.05) is 38.4 Å². The van der Waals surface area contributed by atoms with Crippen LogP contribution in [-0.4, -0.2) is 68.2 Å². The summed E-state index contributed by atoms with van der Waals surface area (Å²) in [5.74, 6) is 1.02. The Balaban J connectivity index is 1.84. The van der Waals surface area contributed by atoms with Gasteiger partial charge >= 0.3 is 0 Å². The molecule has 1 aromatic heterocycles. The molecule has 0 aromatic carbocycles. The number of halogens is 1. The van der Waals surface area contributed by atoms with Gasteiger partial charge in [0.15, 0.2) is 17.6 Å². The van der Waals surface area contributed by atoms with Crippen molar-refractivity contribution in [2.24, 2.45) is 4.99 Å². The maximum Gasteiger partial charge on any atom is 0.191 e. The zero-order valence-corrected chi connectivity index (χ0v) is 16.3. The van der Waals surface area contributed by atoms with Crippen LogP contribution < -0.4 is 15.5 Å². The molecule has 6 nitrogen and oxygen atoms in total. The predicted molar refractivity (Wildman–Crippen MR) is 106 cm³/mol. The summed E-state index contributed by atoms with van der Waals surface area (Å²) in [6, 6.07) is 3.33. The van der Waals surface area contributed by atoms with Gasteiger partial charge in [-0.15, -0.1) is 0 Å². The third-order valence-electron chi connectivity index (χ3n) is 4.56. The van der Waals surface area contributed by atoms with Gasteiger partial charge < -0.3 is 20.4 Å². The quantitative estimate of drug-likeness (QED) is 0.519. The van der Waals surface area contributed by atoms with Crippen molar-refractivity contribution >= 4 is 11.8 Å². The zero-order valence-electron chi connectivity index (χ0n) is 16.3. The van der Waals surface area contributed by atoms with Crippen LogP contribution in [-0.2, 0) is 0 Å². The predicted octanol–water partition coefficient (Wildman–Crippen LogP) is 2.09. The molecule has 1 atom stereocenters. The molecule has 26 heavy (non-hydrogen) atoms. The lowest BCUT2D eigenvalue weighted by Gasteiger charge is -2.20. The summed E-state index contributed by atoms with van der Waals surface area (Å²) in [6.45, 7) is 9.45. The van der Waals surface area contributed by atoms with E-state index in [0.29, 0.717) is 5.82 Å². The van der Waals surface area contributed by atoms with E-state index in [1.807, 2.05) is 4.90 Å². The van der Waals surface area contributed by atoms with Crippen molar-refractivity contribution in [3.8, 4) is 0 Å². The summed E-state index contributed by atoms with van der Waals surface area (Å²) >= 11 is 0. The zero-order chi connectivity index (χ0) is 18.8. The molecule has 1 saturated heterocycles. The first-order chi connectivity index (χ1) is 12.6. The lowest BCUT2D eigenvalue weighted by atomic mass is 10.3. The second-order valence-corrected chi connectivity index (χ2v) is 6.80. The van der Waals surface area contributed by atoms with Gasteiger partial charge in [-0.1, -0.05) is 13.3 Å². The van der Waals surface area contributed by atoms with E-state index in [-0.39, 0.29) is 11.9 Å². The summed E-state index contributed by atoms with van der Waals surface area (Å²) in [6.07, 6.45) is 5.02. The number of hydrogen-bond donors (Lipinski definition) is 2. The number of unbranched alkanes of at least 4 members (excludes halogenated alkanes) is 1. The molecule has 146 valence electrons. The molecular formula is C19H33FN6. The molecular weight excluding hydrogens is 331 g/mol. The minimum absolute atomic E-state index is 0.243. The van der Waals surface area contributed by atoms with E-state index in [0.717, 1.165) is 51.6 Å². The number of anilines is 1. The minimum Gasteiger partial charge on any atom is -0.357 e. The van der Waals surface area contributed by atoms with E-state index < -0.39 is 0 Å². The summed E-state index contributed by atoms with van der Waals surface area (Å²) in [7, 11) is 2.14. The van der Waals surface area contributed by atoms with Crippen molar-refractivity contribution < 1.29 is 4.39 Å². The van der Waals surface area contributed by atoms with Crippen LogP contribution in [0.1, 0.15) is 33.1 Å². The van der Waals surface area contributed by atoms with E-state index in [4.69, 9.17) is 0 Å². The summed E-state index contributed by atoms with van der Waals surface area (Å²) < 4.78 is 13.9. The first-order valence-corrected chi connectivity index (χ1v) is 9.72. The third kappa shape index (κ3) is 6.44. The van der Waals surface area contributed by atoms with Crippen LogP contribution in [0, 0.1) is 5.82 Å². The Morgan fingerprint density at radius 3 is 3.00 bits per heavy atom. The van der Waals surface area contributed by atoms with Gasteiger partial charge in [-0.2, -0.15) is 0 Å². The molecule has 0 aliphatic carbocycles. The number of guanidine groups is 1. The van der Waals surface area contributed by atoms with E-state index in [1.165, 1.54) is 18.9 Å². The number of nitrogens with zero attached hydrogens (tertiary/aromatic N) is 4. The molecule has 0 amide bonds. The third-order valence-corrected chi connectivity index (χ3v) is 4.56. The monoisotopic (exact) mass is 364 g/mol. The lowest BCUT2D eigenvalue weighted by molar-refractivity contribution is 0.337. The van der Waals surface area contributed by atoms with Crippen molar-refractivity contribution in [1.82, 2.24) is 20.5 Å². The topological polar surface area (TPSA) is 55.8 Å². The van der Waals surface area contributed by atoms with E-state index in [9.17, 15) is 4.39 Å². The van der Waals surface area contributed by atoms with E-state index in [2.05, 4.69) is 46.4 Å². The minimum atomic E-state index is -0.260. The molecule has 0 saturated carbocycles. The summed E-state index contributed by atoms with van der Waals surface area (Å²) in [5, 5.41) is 6.79. The van der Waals surface area contributed by atoms with Gasteiger partial charge in [0.25, 0.3) is 0 Å². The van der Waals surface area contributed by atoms with Gasteiger partial charge in [-0.3, -0.25) is 4.99 Å². The average molecular weight is 365 g/mol. The highest BCUT2D eigenvalue weighted by Gasteiger charge is 2.25. The summed E-state index contributed by atoms with van der Waals surface area (Å²) in [5.41, 5.74) is 0. The molecule has 2 heterocycles. The van der Waals surface area contributed by atoms with Crippen molar-refractivity contribution in [3.63, 3.8) is 0 Å². The number of rotatable bonds is 9. The highest BCUT2D eigenvalue weighted by molar-refractivity contribution is 5.80. The molecule has 1 aliphatic heterocycles. The SMILES string of the molecule is CCCCN(C)CCN=C(NCC)NC1CCN(c2ncccc2F)C1. The molecule has 1 aromatic rings.